The summed E-state index contributed by atoms with van der Waals surface area (Å²) in [5, 5.41) is 2.87. The molecule has 0 bridgehead atoms. The molecular formula is C13H26N4O2. The molecule has 0 aromatic rings. The topological polar surface area (TPSA) is 87.5 Å². The van der Waals surface area contributed by atoms with Gasteiger partial charge in [0.05, 0.1) is 5.41 Å². The molecule has 19 heavy (non-hydrogen) atoms. The average molecular weight is 270 g/mol. The van der Waals surface area contributed by atoms with Crippen LogP contribution in [0.5, 0.6) is 0 Å². The molecule has 0 radical (unpaired) electrons. The van der Waals surface area contributed by atoms with Crippen LogP contribution in [0.1, 0.15) is 33.6 Å². The van der Waals surface area contributed by atoms with Gasteiger partial charge < -0.3 is 10.2 Å². The molecule has 0 saturated carbocycles. The molecule has 1 aliphatic rings. The SMILES string of the molecule is CC(=O)NCC1CCN(CC(C)(C)C(=O)NN)CC1. The van der Waals surface area contributed by atoms with Crippen LogP contribution in [0.3, 0.4) is 0 Å². The van der Waals surface area contributed by atoms with Crippen molar-refractivity contribution in [2.45, 2.75) is 33.6 Å². The lowest BCUT2D eigenvalue weighted by atomic mass is 9.89. The van der Waals surface area contributed by atoms with Crippen molar-refractivity contribution in [3.05, 3.63) is 0 Å². The molecule has 0 atom stereocenters. The smallest absolute Gasteiger partial charge is 0.240 e. The van der Waals surface area contributed by atoms with Gasteiger partial charge in [-0.3, -0.25) is 15.0 Å². The summed E-state index contributed by atoms with van der Waals surface area (Å²) in [6.45, 7) is 8.75. The third-order valence-electron chi connectivity index (χ3n) is 3.71. The molecule has 2 amide bonds. The number of amides is 2. The quantitative estimate of drug-likeness (QED) is 0.368. The van der Waals surface area contributed by atoms with Crippen LogP contribution in [0.25, 0.3) is 0 Å². The molecule has 1 aliphatic heterocycles. The third kappa shape index (κ3) is 5.16. The monoisotopic (exact) mass is 270 g/mol. The maximum Gasteiger partial charge on any atom is 0.240 e. The van der Waals surface area contributed by atoms with E-state index in [-0.39, 0.29) is 11.8 Å². The van der Waals surface area contributed by atoms with Crippen molar-refractivity contribution in [1.82, 2.24) is 15.6 Å². The first-order chi connectivity index (χ1) is 8.85. The number of nitrogens with two attached hydrogens (primary N) is 1. The molecular weight excluding hydrogens is 244 g/mol. The van der Waals surface area contributed by atoms with Gasteiger partial charge in [-0.2, -0.15) is 0 Å². The van der Waals surface area contributed by atoms with Gasteiger partial charge in [-0.1, -0.05) is 0 Å². The lowest BCUT2D eigenvalue weighted by Gasteiger charge is -2.36. The number of rotatable bonds is 5. The zero-order valence-corrected chi connectivity index (χ0v) is 12.2. The average Bonchev–Trinajstić information content (AvgIpc) is 2.36. The summed E-state index contributed by atoms with van der Waals surface area (Å²) in [5.74, 6) is 5.64. The van der Waals surface area contributed by atoms with Crippen molar-refractivity contribution in [1.29, 1.82) is 0 Å². The Morgan fingerprint density at radius 2 is 1.89 bits per heavy atom. The Morgan fingerprint density at radius 3 is 2.37 bits per heavy atom. The second kappa shape index (κ2) is 6.86. The predicted octanol–water partition coefficient (Wildman–Crippen LogP) is -0.149. The van der Waals surface area contributed by atoms with E-state index in [2.05, 4.69) is 15.6 Å². The highest BCUT2D eigenvalue weighted by Gasteiger charge is 2.31. The van der Waals surface area contributed by atoms with Crippen LogP contribution in [0, 0.1) is 11.3 Å². The number of piperidine rings is 1. The molecule has 6 nitrogen and oxygen atoms in total. The molecule has 4 N–H and O–H groups in total. The summed E-state index contributed by atoms with van der Waals surface area (Å²) in [4.78, 5) is 24.8. The first-order valence-electron chi connectivity index (χ1n) is 6.83. The fourth-order valence-electron chi connectivity index (χ4n) is 2.46. The Balaban J connectivity index is 2.34. The van der Waals surface area contributed by atoms with Crippen molar-refractivity contribution in [2.24, 2.45) is 17.2 Å². The summed E-state index contributed by atoms with van der Waals surface area (Å²) in [6, 6.07) is 0. The van der Waals surface area contributed by atoms with E-state index in [1.807, 2.05) is 13.8 Å². The minimum absolute atomic E-state index is 0.0307. The van der Waals surface area contributed by atoms with Gasteiger partial charge in [0.2, 0.25) is 11.8 Å². The summed E-state index contributed by atoms with van der Waals surface area (Å²) < 4.78 is 0. The number of carbonyl (C=O) groups is 2. The maximum atomic E-state index is 11.6. The van der Waals surface area contributed by atoms with E-state index in [1.165, 1.54) is 0 Å². The van der Waals surface area contributed by atoms with E-state index in [0.29, 0.717) is 12.5 Å². The summed E-state index contributed by atoms with van der Waals surface area (Å²) in [7, 11) is 0. The molecule has 1 fully saturated rings. The zero-order valence-electron chi connectivity index (χ0n) is 12.2. The molecule has 1 saturated heterocycles. The maximum absolute atomic E-state index is 11.6. The van der Waals surface area contributed by atoms with Crippen molar-refractivity contribution in [3.8, 4) is 0 Å². The number of nitrogens with one attached hydrogen (secondary N) is 2. The van der Waals surface area contributed by atoms with E-state index in [9.17, 15) is 9.59 Å². The number of hydrogen-bond donors (Lipinski definition) is 3. The number of nitrogens with zero attached hydrogens (tertiary/aromatic N) is 1. The van der Waals surface area contributed by atoms with Crippen LogP contribution in [-0.2, 0) is 9.59 Å². The first-order valence-corrected chi connectivity index (χ1v) is 6.83. The van der Waals surface area contributed by atoms with Gasteiger partial charge in [0.15, 0.2) is 0 Å². The van der Waals surface area contributed by atoms with Crippen LogP contribution in [0.2, 0.25) is 0 Å². The van der Waals surface area contributed by atoms with Gasteiger partial charge in [-0.25, -0.2) is 5.84 Å². The normalized spacial score (nSPS) is 18.1. The van der Waals surface area contributed by atoms with Gasteiger partial charge in [-0.05, 0) is 45.7 Å². The number of hydrazine groups is 1. The number of hydrogen-bond acceptors (Lipinski definition) is 4. The van der Waals surface area contributed by atoms with Crippen LogP contribution >= 0.6 is 0 Å². The van der Waals surface area contributed by atoms with Crippen LogP contribution in [0.15, 0.2) is 0 Å². The largest absolute Gasteiger partial charge is 0.356 e. The summed E-state index contributed by atoms with van der Waals surface area (Å²) >= 11 is 0. The molecule has 0 unspecified atom stereocenters. The fraction of sp³-hybridized carbons (Fsp3) is 0.846. The van der Waals surface area contributed by atoms with Gasteiger partial charge in [-0.15, -0.1) is 0 Å². The Morgan fingerprint density at radius 1 is 1.32 bits per heavy atom. The van der Waals surface area contributed by atoms with Crippen molar-refractivity contribution in [3.63, 3.8) is 0 Å². The Bertz CT molecular complexity index is 323. The van der Waals surface area contributed by atoms with Crippen molar-refractivity contribution in [2.75, 3.05) is 26.2 Å². The first kappa shape index (κ1) is 15.9. The molecule has 0 aromatic carbocycles. The highest BCUT2D eigenvalue weighted by atomic mass is 16.2. The highest BCUT2D eigenvalue weighted by Crippen LogP contribution is 2.22. The van der Waals surface area contributed by atoms with Crippen LogP contribution < -0.4 is 16.6 Å². The van der Waals surface area contributed by atoms with Crippen molar-refractivity contribution < 1.29 is 9.59 Å². The molecule has 1 heterocycles. The zero-order chi connectivity index (χ0) is 14.5. The molecule has 110 valence electrons. The Kier molecular flexibility index (Phi) is 5.75. The molecule has 0 aliphatic carbocycles. The fourth-order valence-corrected chi connectivity index (χ4v) is 2.46. The minimum Gasteiger partial charge on any atom is -0.356 e. The molecule has 6 heteroatoms. The molecule has 0 spiro atoms. The lowest BCUT2D eigenvalue weighted by molar-refractivity contribution is -0.130. The van der Waals surface area contributed by atoms with Crippen LogP contribution in [0.4, 0.5) is 0 Å². The van der Waals surface area contributed by atoms with E-state index < -0.39 is 5.41 Å². The second-order valence-electron chi connectivity index (χ2n) is 6.01. The third-order valence-corrected chi connectivity index (χ3v) is 3.71. The second-order valence-corrected chi connectivity index (χ2v) is 6.01. The van der Waals surface area contributed by atoms with Crippen LogP contribution in [-0.4, -0.2) is 42.9 Å². The van der Waals surface area contributed by atoms with Gasteiger partial charge >= 0.3 is 0 Å². The van der Waals surface area contributed by atoms with E-state index >= 15 is 0 Å². The van der Waals surface area contributed by atoms with E-state index in [1.54, 1.807) is 6.92 Å². The predicted molar refractivity (Wildman–Crippen MR) is 74.0 cm³/mol. The van der Waals surface area contributed by atoms with Crippen molar-refractivity contribution >= 4 is 11.8 Å². The summed E-state index contributed by atoms with van der Waals surface area (Å²) in [6.07, 6.45) is 2.11. The highest BCUT2D eigenvalue weighted by molar-refractivity contribution is 5.81. The standard InChI is InChI=1S/C13H26N4O2/c1-10(18)15-8-11-4-6-17(7-5-11)9-13(2,3)12(19)16-14/h11H,4-9,14H2,1-3H3,(H,15,18)(H,16,19). The summed E-state index contributed by atoms with van der Waals surface area (Å²) in [5.41, 5.74) is 1.75. The van der Waals surface area contributed by atoms with Gasteiger partial charge in [0, 0.05) is 20.0 Å². The Hall–Kier alpha value is -1.14. The van der Waals surface area contributed by atoms with E-state index in [4.69, 9.17) is 5.84 Å². The lowest BCUT2D eigenvalue weighted by Crippen LogP contribution is -2.49. The van der Waals surface area contributed by atoms with Gasteiger partial charge in [0.1, 0.15) is 0 Å². The molecule has 1 rings (SSSR count). The van der Waals surface area contributed by atoms with Gasteiger partial charge in [0.25, 0.3) is 0 Å². The number of likely N-dealkylation sites (tertiary alicyclic amines) is 1. The number of carbonyl (C=O) groups excluding carboxylic acids is 2. The van der Waals surface area contributed by atoms with E-state index in [0.717, 1.165) is 32.5 Å². The molecule has 0 aromatic heterocycles. The minimum atomic E-state index is -0.473. The Labute approximate surface area is 115 Å².